The minimum atomic E-state index is -3.42. The molecule has 2 atom stereocenters. The van der Waals surface area contributed by atoms with Crippen molar-refractivity contribution in [1.29, 1.82) is 0 Å². The number of ether oxygens (including phenoxy) is 1. The molecule has 0 radical (unpaired) electrons. The van der Waals surface area contributed by atoms with Gasteiger partial charge in [0.05, 0.1) is 12.9 Å². The van der Waals surface area contributed by atoms with E-state index in [9.17, 15) is 13.2 Å². The van der Waals surface area contributed by atoms with Crippen LogP contribution in [0.2, 0.25) is 0 Å². The summed E-state index contributed by atoms with van der Waals surface area (Å²) >= 11 is 0. The van der Waals surface area contributed by atoms with Crippen LogP contribution in [-0.2, 0) is 19.0 Å². The van der Waals surface area contributed by atoms with Gasteiger partial charge in [0, 0.05) is 12.0 Å². The van der Waals surface area contributed by atoms with E-state index >= 15 is 0 Å². The fourth-order valence-corrected chi connectivity index (χ4v) is 2.05. The van der Waals surface area contributed by atoms with Crippen LogP contribution in [-0.4, -0.2) is 39.0 Å². The average molecular weight is 279 g/mol. The van der Waals surface area contributed by atoms with Crippen LogP contribution in [0.3, 0.4) is 0 Å². The van der Waals surface area contributed by atoms with Gasteiger partial charge in [-0.15, -0.1) is 0 Å². The maximum atomic E-state index is 11.5. The molecule has 0 saturated heterocycles. The monoisotopic (exact) mass is 279 g/mol. The summed E-state index contributed by atoms with van der Waals surface area (Å²) in [6.45, 7) is 5.48. The first-order valence-corrected chi connectivity index (χ1v) is 7.72. The summed E-state index contributed by atoms with van der Waals surface area (Å²) in [5, 5.41) is 2.72. The average Bonchev–Trinajstić information content (AvgIpc) is 2.07. The highest BCUT2D eigenvalue weighted by molar-refractivity contribution is 7.85. The second-order valence-electron chi connectivity index (χ2n) is 5.58. The summed E-state index contributed by atoms with van der Waals surface area (Å²) in [5.74, 6) is 0.0345. The SMILES string of the molecule is CC(C)(C)OC(=O)N[C@@H]1CCC1COS(C)(=O)=O. The summed E-state index contributed by atoms with van der Waals surface area (Å²) in [7, 11) is -3.42. The fraction of sp³-hybridized carbons (Fsp3) is 0.909. The van der Waals surface area contributed by atoms with Crippen LogP contribution in [0.25, 0.3) is 0 Å². The lowest BCUT2D eigenvalue weighted by molar-refractivity contribution is 0.0405. The van der Waals surface area contributed by atoms with Crippen molar-refractivity contribution in [3.63, 3.8) is 0 Å². The lowest BCUT2D eigenvalue weighted by Crippen LogP contribution is -2.50. The molecule has 7 heteroatoms. The quantitative estimate of drug-likeness (QED) is 0.784. The Hall–Kier alpha value is -0.820. The Labute approximate surface area is 108 Å². The van der Waals surface area contributed by atoms with Crippen LogP contribution in [0, 0.1) is 5.92 Å². The number of hydrogen-bond acceptors (Lipinski definition) is 5. The summed E-state index contributed by atoms with van der Waals surface area (Å²) in [4.78, 5) is 11.5. The van der Waals surface area contributed by atoms with Gasteiger partial charge in [-0.2, -0.15) is 8.42 Å². The fourth-order valence-electron chi connectivity index (χ4n) is 1.63. The molecule has 0 bridgehead atoms. The lowest BCUT2D eigenvalue weighted by Gasteiger charge is -2.36. The van der Waals surface area contributed by atoms with Gasteiger partial charge in [-0.1, -0.05) is 0 Å². The van der Waals surface area contributed by atoms with Crippen LogP contribution < -0.4 is 5.32 Å². The molecule has 0 heterocycles. The molecule has 1 aliphatic rings. The van der Waals surface area contributed by atoms with Gasteiger partial charge in [-0.25, -0.2) is 4.79 Å². The van der Waals surface area contributed by atoms with E-state index in [2.05, 4.69) is 5.32 Å². The Bertz CT molecular complexity index is 398. The number of carbonyl (C=O) groups is 1. The van der Waals surface area contributed by atoms with Crippen LogP contribution in [0.5, 0.6) is 0 Å². The molecule has 0 aromatic carbocycles. The molecule has 0 aromatic heterocycles. The van der Waals surface area contributed by atoms with E-state index in [0.717, 1.165) is 19.1 Å². The Kier molecular flexibility index (Phi) is 4.61. The first kappa shape index (κ1) is 15.2. The van der Waals surface area contributed by atoms with Gasteiger partial charge in [-0.3, -0.25) is 4.18 Å². The van der Waals surface area contributed by atoms with Gasteiger partial charge in [0.2, 0.25) is 0 Å². The highest BCUT2D eigenvalue weighted by Crippen LogP contribution is 2.28. The molecule has 1 saturated carbocycles. The van der Waals surface area contributed by atoms with Crippen molar-refractivity contribution < 1.29 is 22.1 Å². The molecule has 18 heavy (non-hydrogen) atoms. The minimum absolute atomic E-state index is 0.0345. The van der Waals surface area contributed by atoms with Crippen molar-refractivity contribution in [2.24, 2.45) is 5.92 Å². The molecule has 1 fully saturated rings. The number of hydrogen-bond donors (Lipinski definition) is 1. The third-order valence-electron chi connectivity index (χ3n) is 2.62. The van der Waals surface area contributed by atoms with Crippen LogP contribution >= 0.6 is 0 Å². The molecule has 1 N–H and O–H groups in total. The van der Waals surface area contributed by atoms with E-state index in [1.165, 1.54) is 0 Å². The summed E-state index contributed by atoms with van der Waals surface area (Å²) in [5.41, 5.74) is -0.535. The van der Waals surface area contributed by atoms with Crippen molar-refractivity contribution in [2.45, 2.75) is 45.3 Å². The molecule has 0 spiro atoms. The molecule has 1 aliphatic carbocycles. The number of amides is 1. The Morgan fingerprint density at radius 1 is 1.33 bits per heavy atom. The summed E-state index contributed by atoms with van der Waals surface area (Å²) < 4.78 is 31.6. The topological polar surface area (TPSA) is 81.7 Å². The zero-order valence-corrected chi connectivity index (χ0v) is 12.0. The van der Waals surface area contributed by atoms with Gasteiger partial charge in [-0.05, 0) is 33.6 Å². The maximum absolute atomic E-state index is 11.5. The third kappa shape index (κ3) is 5.68. The second kappa shape index (κ2) is 5.44. The number of rotatable bonds is 4. The zero-order chi connectivity index (χ0) is 14.0. The molecule has 1 amide bonds. The minimum Gasteiger partial charge on any atom is -0.444 e. The highest BCUT2D eigenvalue weighted by Gasteiger charge is 2.34. The van der Waals surface area contributed by atoms with E-state index in [0.29, 0.717) is 0 Å². The number of carbonyl (C=O) groups excluding carboxylic acids is 1. The predicted octanol–water partition coefficient (Wildman–Crippen LogP) is 1.27. The first-order valence-electron chi connectivity index (χ1n) is 5.91. The molecule has 1 rings (SSSR count). The number of alkyl carbamates (subject to hydrolysis) is 1. The second-order valence-corrected chi connectivity index (χ2v) is 7.22. The van der Waals surface area contributed by atoms with Crippen LogP contribution in [0.4, 0.5) is 4.79 Å². The van der Waals surface area contributed by atoms with E-state index in [4.69, 9.17) is 8.92 Å². The molecular formula is C11H21NO5S. The predicted molar refractivity (Wildman–Crippen MR) is 66.7 cm³/mol. The normalized spacial score (nSPS) is 24.2. The van der Waals surface area contributed by atoms with Crippen molar-refractivity contribution >= 4 is 16.2 Å². The van der Waals surface area contributed by atoms with E-state index in [1.807, 2.05) is 0 Å². The van der Waals surface area contributed by atoms with E-state index in [1.54, 1.807) is 20.8 Å². The van der Waals surface area contributed by atoms with Crippen molar-refractivity contribution in [3.8, 4) is 0 Å². The van der Waals surface area contributed by atoms with E-state index < -0.39 is 21.8 Å². The zero-order valence-electron chi connectivity index (χ0n) is 11.2. The smallest absolute Gasteiger partial charge is 0.407 e. The lowest BCUT2D eigenvalue weighted by atomic mass is 9.80. The molecule has 6 nitrogen and oxygen atoms in total. The van der Waals surface area contributed by atoms with Gasteiger partial charge in [0.15, 0.2) is 0 Å². The largest absolute Gasteiger partial charge is 0.444 e. The number of nitrogens with one attached hydrogen (secondary N) is 1. The molecular weight excluding hydrogens is 258 g/mol. The maximum Gasteiger partial charge on any atom is 0.407 e. The van der Waals surface area contributed by atoms with Crippen LogP contribution in [0.15, 0.2) is 0 Å². The van der Waals surface area contributed by atoms with E-state index in [-0.39, 0.29) is 18.6 Å². The van der Waals surface area contributed by atoms with Gasteiger partial charge < -0.3 is 10.1 Å². The molecule has 0 aromatic rings. The van der Waals surface area contributed by atoms with Crippen molar-refractivity contribution in [1.82, 2.24) is 5.32 Å². The molecule has 1 unspecified atom stereocenters. The van der Waals surface area contributed by atoms with Crippen molar-refractivity contribution in [2.75, 3.05) is 12.9 Å². The van der Waals surface area contributed by atoms with Crippen LogP contribution in [0.1, 0.15) is 33.6 Å². The van der Waals surface area contributed by atoms with Gasteiger partial charge in [0.25, 0.3) is 10.1 Å². The summed E-state index contributed by atoms with van der Waals surface area (Å²) in [6, 6.07) is -0.0680. The Morgan fingerprint density at radius 3 is 2.33 bits per heavy atom. The Morgan fingerprint density at radius 2 is 1.94 bits per heavy atom. The molecule has 0 aliphatic heterocycles. The Balaban J connectivity index is 2.34. The highest BCUT2D eigenvalue weighted by atomic mass is 32.2. The van der Waals surface area contributed by atoms with Gasteiger partial charge in [0.1, 0.15) is 5.60 Å². The van der Waals surface area contributed by atoms with Gasteiger partial charge >= 0.3 is 6.09 Å². The standard InChI is InChI=1S/C11H21NO5S/c1-11(2,3)17-10(13)12-9-6-5-8(9)7-16-18(4,14)15/h8-9H,5-7H2,1-4H3,(H,12,13)/t8?,9-/m1/s1. The molecule has 106 valence electrons. The summed E-state index contributed by atoms with van der Waals surface area (Å²) in [6.07, 6.45) is 2.20. The first-order chi connectivity index (χ1) is 8.07. The third-order valence-corrected chi connectivity index (χ3v) is 3.18. The van der Waals surface area contributed by atoms with Crippen molar-refractivity contribution in [3.05, 3.63) is 0 Å².